The molecule has 0 spiro atoms. The lowest BCUT2D eigenvalue weighted by Crippen LogP contribution is -2.56. The summed E-state index contributed by atoms with van der Waals surface area (Å²) in [5, 5.41) is 45.6. The Morgan fingerprint density at radius 2 is 1.79 bits per heavy atom. The number of aliphatic hydroxyl groups excluding tert-OH is 4. The second-order valence-electron chi connectivity index (χ2n) is 9.30. The first-order chi connectivity index (χ1) is 17.8. The average molecular weight is 551 g/mol. The molecule has 8 nitrogen and oxygen atoms in total. The van der Waals surface area contributed by atoms with Crippen molar-refractivity contribution in [1.82, 2.24) is 15.5 Å². The molecule has 2 aliphatic heterocycles. The van der Waals surface area contributed by atoms with Gasteiger partial charge in [-0.05, 0) is 41.7 Å². The molecule has 2 heterocycles. The molecule has 0 amide bonds. The molecule has 210 valence electrons. The predicted molar refractivity (Wildman–Crippen MR) is 120 cm³/mol. The molecule has 4 rings (SSSR count). The molecule has 2 aliphatic rings. The van der Waals surface area contributed by atoms with Crippen molar-refractivity contribution in [2.45, 2.75) is 69.0 Å². The van der Waals surface area contributed by atoms with Gasteiger partial charge in [0.25, 0.3) is 0 Å². The van der Waals surface area contributed by atoms with E-state index in [1.165, 1.54) is 0 Å². The van der Waals surface area contributed by atoms with Crippen LogP contribution in [0.15, 0.2) is 36.4 Å². The lowest BCUT2D eigenvalue weighted by Gasteiger charge is -2.39. The number of hydrogen-bond acceptors (Lipinski definition) is 8. The van der Waals surface area contributed by atoms with Crippen LogP contribution in [-0.4, -0.2) is 62.8 Å². The zero-order valence-electron chi connectivity index (χ0n) is 19.8. The number of ether oxygens (including phenoxy) is 1. The van der Waals surface area contributed by atoms with Crippen molar-refractivity contribution in [2.75, 3.05) is 6.61 Å². The van der Waals surface area contributed by atoms with E-state index in [9.17, 15) is 46.8 Å². The normalized spacial score (nSPS) is 25.3. The molecule has 0 bridgehead atoms. The molecule has 5 atom stereocenters. The van der Waals surface area contributed by atoms with Gasteiger partial charge in [-0.1, -0.05) is 18.2 Å². The third kappa shape index (κ3) is 6.22. The minimum absolute atomic E-state index is 0.234. The molecule has 1 fully saturated rings. The molecule has 0 aliphatic carbocycles. The second-order valence-corrected chi connectivity index (χ2v) is 9.30. The van der Waals surface area contributed by atoms with Gasteiger partial charge < -0.3 is 25.2 Å². The highest BCUT2D eigenvalue weighted by molar-refractivity contribution is 5.39. The van der Waals surface area contributed by atoms with Crippen molar-refractivity contribution in [1.29, 1.82) is 0 Å². The molecular weight excluding hydrogens is 524 g/mol. The lowest BCUT2D eigenvalue weighted by atomic mass is 10.0. The number of nitrogens with one attached hydrogen (secondary N) is 2. The maximum absolute atomic E-state index is 15.0. The number of piperidine rings is 1. The summed E-state index contributed by atoms with van der Waals surface area (Å²) in [5.41, 5.74) is 0.548. The summed E-state index contributed by atoms with van der Waals surface area (Å²) in [5.74, 6) is -6.29. The van der Waals surface area contributed by atoms with Crippen LogP contribution >= 0.6 is 0 Å². The maximum atomic E-state index is 15.0. The van der Waals surface area contributed by atoms with Gasteiger partial charge in [-0.3, -0.25) is 15.5 Å². The van der Waals surface area contributed by atoms with Gasteiger partial charge in [-0.25, -0.2) is 4.39 Å². The summed E-state index contributed by atoms with van der Waals surface area (Å²) in [7, 11) is 0. The summed E-state index contributed by atoms with van der Waals surface area (Å²) >= 11 is 0. The highest BCUT2D eigenvalue weighted by atomic mass is 19.4. The number of halogens is 6. The minimum Gasteiger partial charge on any atom is -0.483 e. The van der Waals surface area contributed by atoms with Gasteiger partial charge in [0, 0.05) is 19.2 Å². The second kappa shape index (κ2) is 11.0. The van der Waals surface area contributed by atoms with Crippen LogP contribution < -0.4 is 15.4 Å². The number of fused-ring (bicyclic) bond motifs is 1. The molecule has 0 radical (unpaired) electrons. The number of rotatable bonds is 8. The molecule has 2 aromatic carbocycles. The molecule has 38 heavy (non-hydrogen) atoms. The number of alkyl halides is 5. The van der Waals surface area contributed by atoms with Crippen LogP contribution in [0, 0.1) is 5.82 Å². The van der Waals surface area contributed by atoms with Crippen molar-refractivity contribution in [2.24, 2.45) is 0 Å². The van der Waals surface area contributed by atoms with Gasteiger partial charge in [0.2, 0.25) is 0 Å². The number of benzene rings is 2. The monoisotopic (exact) mass is 551 g/mol. The zero-order valence-corrected chi connectivity index (χ0v) is 19.8. The molecule has 6 N–H and O–H groups in total. The minimum atomic E-state index is -4.85. The van der Waals surface area contributed by atoms with E-state index in [4.69, 9.17) is 0 Å². The van der Waals surface area contributed by atoms with E-state index in [-0.39, 0.29) is 13.1 Å². The first-order valence-electron chi connectivity index (χ1n) is 11.7. The van der Waals surface area contributed by atoms with E-state index in [1.807, 2.05) is 0 Å². The highest BCUT2D eigenvalue weighted by Gasteiger charge is 2.44. The first kappa shape index (κ1) is 28.5. The van der Waals surface area contributed by atoms with Crippen molar-refractivity contribution in [3.8, 4) is 5.75 Å². The summed E-state index contributed by atoms with van der Waals surface area (Å²) in [6, 6.07) is 5.83. The Morgan fingerprint density at radius 3 is 2.47 bits per heavy atom. The van der Waals surface area contributed by atoms with E-state index >= 15 is 0 Å². The first-order valence-corrected chi connectivity index (χ1v) is 11.7. The van der Waals surface area contributed by atoms with Crippen LogP contribution in [0.25, 0.3) is 0 Å². The van der Waals surface area contributed by atoms with Crippen LogP contribution in [-0.2, 0) is 19.0 Å². The summed E-state index contributed by atoms with van der Waals surface area (Å²) < 4.78 is 85.4. The van der Waals surface area contributed by atoms with Crippen molar-refractivity contribution < 1.29 is 51.5 Å². The molecule has 0 saturated carbocycles. The molecular formula is C24H27F6N3O5. The van der Waals surface area contributed by atoms with Crippen LogP contribution in [0.2, 0.25) is 0 Å². The number of nitrogens with zero attached hydrogens (tertiary/aromatic N) is 1. The van der Waals surface area contributed by atoms with Gasteiger partial charge in [0.15, 0.2) is 12.8 Å². The summed E-state index contributed by atoms with van der Waals surface area (Å²) in [6.45, 7) is -1.96. The molecule has 1 unspecified atom stereocenters. The Balaban J connectivity index is 1.43. The summed E-state index contributed by atoms with van der Waals surface area (Å²) in [6.07, 6.45) is -9.57. The summed E-state index contributed by atoms with van der Waals surface area (Å²) in [4.78, 5) is 1.64. The van der Waals surface area contributed by atoms with Crippen LogP contribution in [0.5, 0.6) is 5.75 Å². The van der Waals surface area contributed by atoms with Gasteiger partial charge in [0.1, 0.15) is 30.3 Å². The van der Waals surface area contributed by atoms with Gasteiger partial charge in [0.05, 0.1) is 11.6 Å². The van der Waals surface area contributed by atoms with Crippen LogP contribution in [0.1, 0.15) is 41.3 Å². The smallest absolute Gasteiger partial charge is 0.422 e. The highest BCUT2D eigenvalue weighted by Crippen LogP contribution is 2.39. The van der Waals surface area contributed by atoms with Gasteiger partial charge in [-0.2, -0.15) is 22.0 Å². The topological polar surface area (TPSA) is 117 Å². The lowest BCUT2D eigenvalue weighted by molar-refractivity contribution is -0.156. The number of hydrogen-bond donors (Lipinski definition) is 6. The van der Waals surface area contributed by atoms with Gasteiger partial charge in [-0.15, -0.1) is 0 Å². The van der Waals surface area contributed by atoms with E-state index in [2.05, 4.69) is 15.4 Å². The zero-order chi connectivity index (χ0) is 27.8. The Hall–Kier alpha value is -2.46. The van der Waals surface area contributed by atoms with Crippen LogP contribution in [0.4, 0.5) is 26.3 Å². The van der Waals surface area contributed by atoms with E-state index in [0.29, 0.717) is 47.7 Å². The third-order valence-corrected chi connectivity index (χ3v) is 6.58. The number of aliphatic hydroxyl groups is 4. The van der Waals surface area contributed by atoms with Crippen molar-refractivity contribution in [3.63, 3.8) is 0 Å². The average Bonchev–Trinajstić information content (AvgIpc) is 3.16. The Labute approximate surface area is 213 Å². The molecule has 14 heteroatoms. The van der Waals surface area contributed by atoms with E-state index in [1.54, 1.807) is 23.1 Å². The maximum Gasteiger partial charge on any atom is 0.422 e. The van der Waals surface area contributed by atoms with E-state index < -0.39 is 66.8 Å². The van der Waals surface area contributed by atoms with Crippen molar-refractivity contribution >= 4 is 0 Å². The Morgan fingerprint density at radius 1 is 1.05 bits per heavy atom. The van der Waals surface area contributed by atoms with Crippen LogP contribution in [0.3, 0.4) is 0 Å². The Bertz CT molecular complexity index is 1140. The quantitative estimate of drug-likeness (QED) is 0.219. The fraction of sp³-hybridized carbons (Fsp3) is 0.500. The standard InChI is InChI=1S/C24H27F6N3O5/c25-14-2-4-16(18(8-14)38-11-23(26,27)28)24(29,30)22(37)31-9-12-1-3-15-13(7-12)10-33(21(15)36)17-5-6-19(34)32-20(17)35/h1-4,7-8,17,19-22,31-32,34-37H,5-6,9-11H2/t17?,19-,20+,21+,22-/m1/s1. The molecule has 2 aromatic rings. The van der Waals surface area contributed by atoms with E-state index in [0.717, 1.165) is 0 Å². The third-order valence-electron chi connectivity index (χ3n) is 6.58. The SMILES string of the molecule is O[C@@H]1CCC(N2Cc3cc(CN[C@H](O)C(F)(F)c4ccc(F)cc4OCC(F)(F)F)ccc3[C@@H]2O)[C@H](O)N1. The fourth-order valence-corrected chi connectivity index (χ4v) is 4.68. The predicted octanol–water partition coefficient (Wildman–Crippen LogP) is 2.16. The fourth-order valence-electron chi connectivity index (χ4n) is 4.68. The molecule has 1 saturated heterocycles. The van der Waals surface area contributed by atoms with Gasteiger partial charge >= 0.3 is 12.1 Å². The van der Waals surface area contributed by atoms with Crippen molar-refractivity contribution in [3.05, 3.63) is 64.5 Å². The molecule has 0 aromatic heterocycles. The Kier molecular flexibility index (Phi) is 8.23. The largest absolute Gasteiger partial charge is 0.483 e.